The highest BCUT2D eigenvalue weighted by Crippen LogP contribution is 2.28. The number of carbonyl (C=O) groups is 1. The van der Waals surface area contributed by atoms with Crippen LogP contribution in [0.3, 0.4) is 0 Å². The molecule has 3 aromatic carbocycles. The lowest BCUT2D eigenvalue weighted by atomic mass is 10.1. The number of halogens is 4. The van der Waals surface area contributed by atoms with Gasteiger partial charge in [0.15, 0.2) is 5.82 Å². The van der Waals surface area contributed by atoms with Crippen molar-refractivity contribution in [2.75, 3.05) is 5.32 Å². The minimum Gasteiger partial charge on any atom is -0.487 e. The third-order valence-electron chi connectivity index (χ3n) is 4.74. The zero-order valence-electron chi connectivity index (χ0n) is 17.1. The van der Waals surface area contributed by atoms with E-state index < -0.39 is 0 Å². The first-order valence-electron chi connectivity index (χ1n) is 9.83. The van der Waals surface area contributed by atoms with E-state index in [9.17, 15) is 9.18 Å². The highest BCUT2D eigenvalue weighted by Gasteiger charge is 2.13. The molecule has 0 radical (unpaired) electrons. The Bertz CT molecular complexity index is 1300. The van der Waals surface area contributed by atoms with Gasteiger partial charge in [0.05, 0.1) is 16.0 Å². The van der Waals surface area contributed by atoms with Crippen LogP contribution in [0, 0.1) is 5.82 Å². The molecule has 0 bridgehead atoms. The Morgan fingerprint density at radius 3 is 2.58 bits per heavy atom. The van der Waals surface area contributed by atoms with Gasteiger partial charge in [0, 0.05) is 22.3 Å². The molecule has 0 aliphatic carbocycles. The fourth-order valence-corrected chi connectivity index (χ4v) is 3.93. The molecule has 0 atom stereocenters. The second-order valence-electron chi connectivity index (χ2n) is 7.13. The second kappa shape index (κ2) is 10.4. The van der Waals surface area contributed by atoms with Crippen LogP contribution in [0.1, 0.15) is 21.5 Å². The molecule has 1 heterocycles. The monoisotopic (exact) mass is 547 g/mol. The maximum Gasteiger partial charge on any atom is 0.256 e. The molecule has 0 fully saturated rings. The van der Waals surface area contributed by atoms with Gasteiger partial charge < -0.3 is 10.1 Å². The summed E-state index contributed by atoms with van der Waals surface area (Å²) in [5.41, 5.74) is 1.83. The lowest BCUT2D eigenvalue weighted by Gasteiger charge is -2.09. The topological polar surface area (TPSA) is 56.2 Å². The van der Waals surface area contributed by atoms with E-state index in [4.69, 9.17) is 27.9 Å². The number of carbonyl (C=O) groups excluding carboxylic acids is 1. The van der Waals surface area contributed by atoms with E-state index in [1.807, 2.05) is 0 Å². The quantitative estimate of drug-likeness (QED) is 0.271. The molecule has 0 saturated carbocycles. The summed E-state index contributed by atoms with van der Waals surface area (Å²) in [5.74, 6) is 0.247. The summed E-state index contributed by atoms with van der Waals surface area (Å²) in [6.07, 6.45) is 1.68. The van der Waals surface area contributed by atoms with Gasteiger partial charge in [-0.1, -0.05) is 53.5 Å². The van der Waals surface area contributed by atoms with Crippen molar-refractivity contribution in [3.63, 3.8) is 0 Å². The molecule has 4 rings (SSSR count). The van der Waals surface area contributed by atoms with Gasteiger partial charge in [0.1, 0.15) is 18.2 Å². The predicted molar refractivity (Wildman–Crippen MR) is 131 cm³/mol. The number of amides is 1. The molecule has 1 amide bonds. The Labute approximate surface area is 208 Å². The van der Waals surface area contributed by atoms with Crippen LogP contribution in [0.2, 0.25) is 10.0 Å². The first-order valence-corrected chi connectivity index (χ1v) is 11.4. The largest absolute Gasteiger partial charge is 0.487 e. The van der Waals surface area contributed by atoms with Crippen LogP contribution in [-0.2, 0) is 13.2 Å². The summed E-state index contributed by atoms with van der Waals surface area (Å²) in [6.45, 7) is 0.530. The van der Waals surface area contributed by atoms with Crippen LogP contribution in [0.4, 0.5) is 10.2 Å². The van der Waals surface area contributed by atoms with Gasteiger partial charge in [-0.15, -0.1) is 0 Å². The normalized spacial score (nSPS) is 10.8. The standard InChI is InChI=1S/C24H17BrCl2FN3O2/c25-19-13-31(12-17-3-1-2-4-21(17)28)30-23(19)29-24(32)16-7-5-15(6-8-16)14-33-22-10-9-18(26)11-20(22)27/h1-11,13H,12,14H2,(H,29,30,32). The molecule has 0 spiro atoms. The molecule has 1 aromatic heterocycles. The summed E-state index contributed by atoms with van der Waals surface area (Å²) in [5, 5.41) is 8.06. The van der Waals surface area contributed by atoms with Crippen LogP contribution in [0.25, 0.3) is 0 Å². The van der Waals surface area contributed by atoms with Gasteiger partial charge >= 0.3 is 0 Å². The summed E-state index contributed by atoms with van der Waals surface area (Å²) in [7, 11) is 0. The molecule has 0 unspecified atom stereocenters. The Morgan fingerprint density at radius 2 is 1.85 bits per heavy atom. The van der Waals surface area contributed by atoms with E-state index in [-0.39, 0.29) is 24.9 Å². The molecular formula is C24H17BrCl2FN3O2. The molecule has 0 aliphatic rings. The van der Waals surface area contributed by atoms with Gasteiger partial charge in [-0.25, -0.2) is 4.39 Å². The number of hydrogen-bond acceptors (Lipinski definition) is 3. The molecular weight excluding hydrogens is 532 g/mol. The van der Waals surface area contributed by atoms with E-state index in [1.165, 1.54) is 6.07 Å². The third-order valence-corrected chi connectivity index (χ3v) is 5.85. The highest BCUT2D eigenvalue weighted by atomic mass is 79.9. The number of hydrogen-bond donors (Lipinski definition) is 1. The van der Waals surface area contributed by atoms with Crippen molar-refractivity contribution in [1.29, 1.82) is 0 Å². The van der Waals surface area contributed by atoms with Crippen molar-refractivity contribution in [3.05, 3.63) is 110 Å². The minimum absolute atomic E-state index is 0.244. The van der Waals surface area contributed by atoms with Crippen molar-refractivity contribution in [1.82, 2.24) is 9.78 Å². The van der Waals surface area contributed by atoms with E-state index in [2.05, 4.69) is 26.3 Å². The lowest BCUT2D eigenvalue weighted by molar-refractivity contribution is 0.102. The number of ether oxygens (including phenoxy) is 1. The van der Waals surface area contributed by atoms with Gasteiger partial charge in [0.2, 0.25) is 0 Å². The second-order valence-corrected chi connectivity index (χ2v) is 8.83. The molecule has 4 aromatic rings. The highest BCUT2D eigenvalue weighted by molar-refractivity contribution is 9.10. The maximum atomic E-state index is 13.9. The number of anilines is 1. The van der Waals surface area contributed by atoms with Crippen LogP contribution in [0.15, 0.2) is 77.4 Å². The third kappa shape index (κ3) is 5.93. The first kappa shape index (κ1) is 23.3. The first-order chi connectivity index (χ1) is 15.9. The van der Waals surface area contributed by atoms with E-state index in [0.29, 0.717) is 37.2 Å². The SMILES string of the molecule is O=C(Nc1nn(Cc2ccccc2F)cc1Br)c1ccc(COc2ccc(Cl)cc2Cl)cc1. The van der Waals surface area contributed by atoms with Crippen molar-refractivity contribution >= 4 is 50.9 Å². The van der Waals surface area contributed by atoms with Gasteiger partial charge in [-0.2, -0.15) is 5.10 Å². The molecule has 1 N–H and O–H groups in total. The Kier molecular flexibility index (Phi) is 7.33. The summed E-state index contributed by atoms with van der Waals surface area (Å²) < 4.78 is 21.8. The van der Waals surface area contributed by atoms with Crippen LogP contribution in [-0.4, -0.2) is 15.7 Å². The van der Waals surface area contributed by atoms with Gasteiger partial charge in [-0.05, 0) is 57.9 Å². The minimum atomic E-state index is -0.319. The summed E-state index contributed by atoms with van der Waals surface area (Å²) in [4.78, 5) is 12.7. The number of rotatable bonds is 7. The van der Waals surface area contributed by atoms with Crippen molar-refractivity contribution in [3.8, 4) is 5.75 Å². The van der Waals surface area contributed by atoms with E-state index in [1.54, 1.807) is 71.5 Å². The molecule has 9 heteroatoms. The summed E-state index contributed by atoms with van der Waals surface area (Å²) >= 11 is 15.4. The van der Waals surface area contributed by atoms with Gasteiger partial charge in [-0.3, -0.25) is 9.48 Å². The predicted octanol–water partition coefficient (Wildman–Crippen LogP) is 6.97. The number of aromatic nitrogens is 2. The average Bonchev–Trinajstić information content (AvgIpc) is 3.13. The molecule has 33 heavy (non-hydrogen) atoms. The number of benzene rings is 3. The van der Waals surface area contributed by atoms with Crippen molar-refractivity contribution in [2.24, 2.45) is 0 Å². The number of nitrogens with zero attached hydrogens (tertiary/aromatic N) is 2. The molecule has 0 saturated heterocycles. The zero-order chi connectivity index (χ0) is 23.4. The Balaban J connectivity index is 1.37. The van der Waals surface area contributed by atoms with E-state index >= 15 is 0 Å². The fraction of sp³-hybridized carbons (Fsp3) is 0.0833. The molecule has 0 aliphatic heterocycles. The maximum absolute atomic E-state index is 13.9. The smallest absolute Gasteiger partial charge is 0.256 e. The van der Waals surface area contributed by atoms with Crippen molar-refractivity contribution < 1.29 is 13.9 Å². The van der Waals surface area contributed by atoms with Crippen LogP contribution < -0.4 is 10.1 Å². The van der Waals surface area contributed by atoms with Crippen molar-refractivity contribution in [2.45, 2.75) is 13.2 Å². The molecule has 168 valence electrons. The Morgan fingerprint density at radius 1 is 1.09 bits per heavy atom. The Hall–Kier alpha value is -2.87. The average molecular weight is 549 g/mol. The fourth-order valence-electron chi connectivity index (χ4n) is 3.05. The summed E-state index contributed by atoms with van der Waals surface area (Å²) in [6, 6.07) is 18.5. The van der Waals surface area contributed by atoms with E-state index in [0.717, 1.165) is 5.56 Å². The molecule has 5 nitrogen and oxygen atoms in total. The van der Waals surface area contributed by atoms with Gasteiger partial charge in [0.25, 0.3) is 5.91 Å². The lowest BCUT2D eigenvalue weighted by Crippen LogP contribution is -2.13. The van der Waals surface area contributed by atoms with Crippen LogP contribution in [0.5, 0.6) is 5.75 Å². The van der Waals surface area contributed by atoms with Crippen LogP contribution >= 0.6 is 39.1 Å². The number of nitrogens with one attached hydrogen (secondary N) is 1. The zero-order valence-corrected chi connectivity index (χ0v) is 20.2.